The van der Waals surface area contributed by atoms with Crippen LogP contribution >= 0.6 is 0 Å². The largest absolute Gasteiger partial charge is 0.488 e. The van der Waals surface area contributed by atoms with E-state index in [0.29, 0.717) is 19.7 Å². The van der Waals surface area contributed by atoms with Gasteiger partial charge in [-0.25, -0.2) is 9.97 Å². The van der Waals surface area contributed by atoms with E-state index < -0.39 is 0 Å². The van der Waals surface area contributed by atoms with Crippen LogP contribution in [0.3, 0.4) is 0 Å². The molecule has 162 valence electrons. The molecule has 0 amide bonds. The van der Waals surface area contributed by atoms with E-state index >= 15 is 0 Å². The third-order valence-corrected chi connectivity index (χ3v) is 5.11. The molecule has 0 aliphatic carbocycles. The van der Waals surface area contributed by atoms with E-state index in [1.54, 1.807) is 19.6 Å². The SMILES string of the molecule is CN=C(NCc1ccc(-n2ccnc2)nc1)NCc1ccc(C)cc1OC1CCOC1. The fourth-order valence-electron chi connectivity index (χ4n) is 3.36. The number of aryl methyl sites for hydroxylation is 1. The van der Waals surface area contributed by atoms with Crippen molar-refractivity contribution in [2.45, 2.75) is 32.5 Å². The second-order valence-corrected chi connectivity index (χ2v) is 7.49. The van der Waals surface area contributed by atoms with Crippen molar-refractivity contribution >= 4 is 5.96 Å². The van der Waals surface area contributed by atoms with Crippen molar-refractivity contribution in [3.8, 4) is 11.6 Å². The summed E-state index contributed by atoms with van der Waals surface area (Å²) in [4.78, 5) is 12.9. The molecule has 1 atom stereocenters. The minimum atomic E-state index is 0.121. The Balaban J connectivity index is 1.32. The summed E-state index contributed by atoms with van der Waals surface area (Å²) in [5.74, 6) is 2.45. The summed E-state index contributed by atoms with van der Waals surface area (Å²) in [5.41, 5.74) is 3.33. The number of nitrogens with one attached hydrogen (secondary N) is 2. The smallest absolute Gasteiger partial charge is 0.191 e. The summed E-state index contributed by atoms with van der Waals surface area (Å²) in [5, 5.41) is 6.70. The van der Waals surface area contributed by atoms with E-state index in [1.165, 1.54) is 5.56 Å². The summed E-state index contributed by atoms with van der Waals surface area (Å²) in [6.07, 6.45) is 8.24. The number of pyridine rings is 1. The Hall–Kier alpha value is -3.39. The van der Waals surface area contributed by atoms with Crippen molar-refractivity contribution < 1.29 is 9.47 Å². The Morgan fingerprint density at radius 3 is 2.87 bits per heavy atom. The molecule has 0 radical (unpaired) electrons. The molecule has 1 fully saturated rings. The predicted octanol–water partition coefficient (Wildman–Crippen LogP) is 2.61. The molecule has 8 heteroatoms. The van der Waals surface area contributed by atoms with Gasteiger partial charge in [-0.15, -0.1) is 0 Å². The van der Waals surface area contributed by atoms with Crippen molar-refractivity contribution in [2.24, 2.45) is 4.99 Å². The van der Waals surface area contributed by atoms with Gasteiger partial charge in [0, 0.05) is 50.7 Å². The van der Waals surface area contributed by atoms with Gasteiger partial charge in [-0.05, 0) is 30.2 Å². The van der Waals surface area contributed by atoms with Crippen LogP contribution in [-0.2, 0) is 17.8 Å². The number of rotatable bonds is 7. The van der Waals surface area contributed by atoms with Crippen molar-refractivity contribution in [1.82, 2.24) is 25.2 Å². The molecule has 0 bridgehead atoms. The average Bonchev–Trinajstić information content (AvgIpc) is 3.50. The second-order valence-electron chi connectivity index (χ2n) is 7.49. The van der Waals surface area contributed by atoms with E-state index in [9.17, 15) is 0 Å². The summed E-state index contributed by atoms with van der Waals surface area (Å²) >= 11 is 0. The third-order valence-electron chi connectivity index (χ3n) is 5.11. The lowest BCUT2D eigenvalue weighted by Gasteiger charge is -2.18. The number of aliphatic imine (C=N–C) groups is 1. The predicted molar refractivity (Wildman–Crippen MR) is 119 cm³/mol. The lowest BCUT2D eigenvalue weighted by Crippen LogP contribution is -2.36. The fraction of sp³-hybridized carbons (Fsp3) is 0.348. The molecule has 2 aromatic heterocycles. The number of guanidine groups is 1. The van der Waals surface area contributed by atoms with E-state index in [-0.39, 0.29) is 6.10 Å². The van der Waals surface area contributed by atoms with E-state index in [0.717, 1.165) is 41.7 Å². The molecule has 1 aromatic carbocycles. The lowest BCUT2D eigenvalue weighted by atomic mass is 10.1. The van der Waals surface area contributed by atoms with Crippen molar-refractivity contribution in [1.29, 1.82) is 0 Å². The van der Waals surface area contributed by atoms with E-state index in [4.69, 9.17) is 9.47 Å². The maximum absolute atomic E-state index is 6.18. The van der Waals surface area contributed by atoms with Gasteiger partial charge in [0.25, 0.3) is 0 Å². The van der Waals surface area contributed by atoms with E-state index in [2.05, 4.69) is 50.7 Å². The topological polar surface area (TPSA) is 85.6 Å². The number of benzene rings is 1. The monoisotopic (exact) mass is 420 g/mol. The Labute approximate surface area is 182 Å². The number of imidazole rings is 1. The molecule has 1 aliphatic heterocycles. The molecule has 3 heterocycles. The summed E-state index contributed by atoms with van der Waals surface area (Å²) in [7, 11) is 1.76. The van der Waals surface area contributed by atoms with Crippen LogP contribution in [0.1, 0.15) is 23.1 Å². The molecule has 1 saturated heterocycles. The number of aromatic nitrogens is 3. The van der Waals surface area contributed by atoms with Crippen molar-refractivity contribution in [3.63, 3.8) is 0 Å². The first-order valence-electron chi connectivity index (χ1n) is 10.4. The highest BCUT2D eigenvalue weighted by molar-refractivity contribution is 5.79. The molecule has 8 nitrogen and oxygen atoms in total. The normalized spacial score (nSPS) is 16.3. The zero-order valence-electron chi connectivity index (χ0n) is 17.9. The number of hydrogen-bond acceptors (Lipinski definition) is 5. The molecule has 0 spiro atoms. The number of hydrogen-bond donors (Lipinski definition) is 2. The van der Waals surface area contributed by atoms with Gasteiger partial charge in [0.2, 0.25) is 0 Å². The minimum Gasteiger partial charge on any atom is -0.488 e. The van der Waals surface area contributed by atoms with Gasteiger partial charge in [0.05, 0.1) is 13.2 Å². The molecular weight excluding hydrogens is 392 g/mol. The standard InChI is InChI=1S/C23H28N6O2/c1-17-3-5-19(21(11-17)31-20-7-10-30-15-20)14-28-23(24-2)27-13-18-4-6-22(26-12-18)29-9-8-25-16-29/h3-6,8-9,11-12,16,20H,7,10,13-15H2,1-2H3,(H2,24,27,28). The Morgan fingerprint density at radius 1 is 1.26 bits per heavy atom. The van der Waals surface area contributed by atoms with Gasteiger partial charge in [-0.3, -0.25) is 9.56 Å². The zero-order chi connectivity index (χ0) is 21.5. The maximum atomic E-state index is 6.18. The molecular formula is C23H28N6O2. The summed E-state index contributed by atoms with van der Waals surface area (Å²) in [6.45, 7) is 4.71. The molecule has 0 saturated carbocycles. The van der Waals surface area contributed by atoms with Crippen LogP contribution in [0.4, 0.5) is 0 Å². The van der Waals surface area contributed by atoms with Gasteiger partial charge < -0.3 is 20.1 Å². The van der Waals surface area contributed by atoms with Crippen LogP contribution in [0, 0.1) is 6.92 Å². The van der Waals surface area contributed by atoms with Crippen LogP contribution in [0.2, 0.25) is 0 Å². The highest BCUT2D eigenvalue weighted by Crippen LogP contribution is 2.23. The zero-order valence-corrected chi connectivity index (χ0v) is 17.9. The first kappa shape index (κ1) is 20.9. The van der Waals surface area contributed by atoms with Crippen LogP contribution in [0.15, 0.2) is 60.2 Å². The summed E-state index contributed by atoms with van der Waals surface area (Å²) in [6, 6.07) is 10.3. The lowest BCUT2D eigenvalue weighted by molar-refractivity contribution is 0.140. The van der Waals surface area contributed by atoms with Crippen LogP contribution in [0.25, 0.3) is 5.82 Å². The molecule has 1 aliphatic rings. The molecule has 4 rings (SSSR count). The quantitative estimate of drug-likeness (QED) is 0.451. The van der Waals surface area contributed by atoms with Gasteiger partial charge in [-0.2, -0.15) is 0 Å². The number of ether oxygens (including phenoxy) is 2. The van der Waals surface area contributed by atoms with Crippen molar-refractivity contribution in [2.75, 3.05) is 20.3 Å². The van der Waals surface area contributed by atoms with Gasteiger partial charge in [-0.1, -0.05) is 18.2 Å². The first-order chi connectivity index (χ1) is 15.2. The molecule has 31 heavy (non-hydrogen) atoms. The average molecular weight is 421 g/mol. The molecule has 3 aromatic rings. The molecule has 2 N–H and O–H groups in total. The minimum absolute atomic E-state index is 0.121. The fourth-order valence-corrected chi connectivity index (χ4v) is 3.36. The Kier molecular flexibility index (Phi) is 6.78. The highest BCUT2D eigenvalue weighted by Gasteiger charge is 2.18. The molecule has 1 unspecified atom stereocenters. The third kappa shape index (κ3) is 5.61. The van der Waals surface area contributed by atoms with Gasteiger partial charge in [0.15, 0.2) is 5.96 Å². The summed E-state index contributed by atoms with van der Waals surface area (Å²) < 4.78 is 13.5. The van der Waals surface area contributed by atoms with E-state index in [1.807, 2.05) is 29.1 Å². The van der Waals surface area contributed by atoms with Crippen LogP contribution in [0.5, 0.6) is 5.75 Å². The van der Waals surface area contributed by atoms with Crippen LogP contribution in [-0.4, -0.2) is 46.9 Å². The highest BCUT2D eigenvalue weighted by atomic mass is 16.5. The van der Waals surface area contributed by atoms with Gasteiger partial charge in [0.1, 0.15) is 24.0 Å². The maximum Gasteiger partial charge on any atom is 0.191 e. The first-order valence-corrected chi connectivity index (χ1v) is 10.4. The van der Waals surface area contributed by atoms with Crippen LogP contribution < -0.4 is 15.4 Å². The van der Waals surface area contributed by atoms with Gasteiger partial charge >= 0.3 is 0 Å². The second kappa shape index (κ2) is 10.1. The number of nitrogens with zero attached hydrogens (tertiary/aromatic N) is 4. The Bertz CT molecular complexity index is 995. The van der Waals surface area contributed by atoms with Crippen molar-refractivity contribution in [3.05, 3.63) is 71.9 Å². The Morgan fingerprint density at radius 2 is 2.16 bits per heavy atom.